The van der Waals surface area contributed by atoms with Crippen molar-refractivity contribution in [1.82, 2.24) is 14.1 Å². The minimum Gasteiger partial charge on any atom is -0.348 e. The summed E-state index contributed by atoms with van der Waals surface area (Å²) in [6, 6.07) is 6.90. The molecule has 1 aromatic rings. The van der Waals surface area contributed by atoms with Gasteiger partial charge in [0.25, 0.3) is 0 Å². The summed E-state index contributed by atoms with van der Waals surface area (Å²) in [6.45, 7) is 4.24. The van der Waals surface area contributed by atoms with Crippen molar-refractivity contribution in [3.63, 3.8) is 0 Å². The van der Waals surface area contributed by atoms with Crippen LogP contribution in [0.15, 0.2) is 29.2 Å². The second kappa shape index (κ2) is 6.76. The number of sulfonamides is 1. The first-order valence-corrected chi connectivity index (χ1v) is 8.74. The Morgan fingerprint density at radius 2 is 1.64 bits per heavy atom. The highest BCUT2D eigenvalue weighted by atomic mass is 32.2. The maximum absolute atomic E-state index is 12.6. The molecular weight excluding hydrogens is 302 g/mol. The second-order valence-electron chi connectivity index (χ2n) is 5.78. The fourth-order valence-corrected chi connectivity index (χ4v) is 3.74. The minimum atomic E-state index is -3.44. The molecule has 6 nitrogen and oxygen atoms in total. The van der Waals surface area contributed by atoms with E-state index in [9.17, 15) is 13.2 Å². The van der Waals surface area contributed by atoms with E-state index in [1.165, 1.54) is 4.31 Å². The molecule has 1 aromatic carbocycles. The molecule has 0 unspecified atom stereocenters. The zero-order valence-corrected chi connectivity index (χ0v) is 14.1. The van der Waals surface area contributed by atoms with Gasteiger partial charge in [-0.1, -0.05) is 17.7 Å². The molecule has 122 valence electrons. The van der Waals surface area contributed by atoms with Crippen molar-refractivity contribution in [3.05, 3.63) is 29.8 Å². The fraction of sp³-hybridized carbons (Fsp3) is 0.533. The van der Waals surface area contributed by atoms with E-state index in [1.54, 1.807) is 43.3 Å². The SMILES string of the molecule is Cc1ccc(S(=O)(=O)N2CCN(CC(=O)N(C)C)CC2)cc1. The predicted molar refractivity (Wildman–Crippen MR) is 85.1 cm³/mol. The molecule has 7 heteroatoms. The lowest BCUT2D eigenvalue weighted by atomic mass is 10.2. The lowest BCUT2D eigenvalue weighted by Crippen LogP contribution is -2.50. The van der Waals surface area contributed by atoms with Crippen LogP contribution in [0, 0.1) is 6.92 Å². The zero-order valence-electron chi connectivity index (χ0n) is 13.3. The van der Waals surface area contributed by atoms with Crippen molar-refractivity contribution in [2.24, 2.45) is 0 Å². The third kappa shape index (κ3) is 3.85. The smallest absolute Gasteiger partial charge is 0.243 e. The summed E-state index contributed by atoms with van der Waals surface area (Å²) in [7, 11) is 0.00961. The normalized spacial score (nSPS) is 17.4. The summed E-state index contributed by atoms with van der Waals surface area (Å²) >= 11 is 0. The molecule has 1 amide bonds. The van der Waals surface area contributed by atoms with E-state index in [4.69, 9.17) is 0 Å². The molecule has 1 saturated heterocycles. The van der Waals surface area contributed by atoms with Gasteiger partial charge in [-0.15, -0.1) is 0 Å². The topological polar surface area (TPSA) is 60.9 Å². The quantitative estimate of drug-likeness (QED) is 0.803. The summed E-state index contributed by atoms with van der Waals surface area (Å²) in [6.07, 6.45) is 0. The van der Waals surface area contributed by atoms with Crippen molar-refractivity contribution in [3.8, 4) is 0 Å². The summed E-state index contributed by atoms with van der Waals surface area (Å²) in [5, 5.41) is 0. The number of nitrogens with zero attached hydrogens (tertiary/aromatic N) is 3. The van der Waals surface area contributed by atoms with Crippen LogP contribution in [-0.4, -0.2) is 75.2 Å². The molecule has 2 rings (SSSR count). The van der Waals surface area contributed by atoms with Gasteiger partial charge in [0.05, 0.1) is 11.4 Å². The minimum absolute atomic E-state index is 0.0369. The number of amides is 1. The van der Waals surface area contributed by atoms with Gasteiger partial charge in [0, 0.05) is 40.3 Å². The van der Waals surface area contributed by atoms with Gasteiger partial charge >= 0.3 is 0 Å². The standard InChI is InChI=1S/C15H23N3O3S/c1-13-4-6-14(7-5-13)22(20,21)18-10-8-17(9-11-18)12-15(19)16(2)3/h4-7H,8-12H2,1-3H3. The number of benzene rings is 1. The van der Waals surface area contributed by atoms with Gasteiger partial charge in [-0.05, 0) is 19.1 Å². The van der Waals surface area contributed by atoms with E-state index in [2.05, 4.69) is 0 Å². The average molecular weight is 325 g/mol. The Morgan fingerprint density at radius 3 is 2.14 bits per heavy atom. The van der Waals surface area contributed by atoms with Crippen molar-refractivity contribution < 1.29 is 13.2 Å². The molecule has 0 bridgehead atoms. The van der Waals surface area contributed by atoms with Gasteiger partial charge in [0.15, 0.2) is 0 Å². The van der Waals surface area contributed by atoms with Gasteiger partial charge in [-0.2, -0.15) is 4.31 Å². The van der Waals surface area contributed by atoms with E-state index in [0.717, 1.165) is 5.56 Å². The highest BCUT2D eigenvalue weighted by molar-refractivity contribution is 7.89. The second-order valence-corrected chi connectivity index (χ2v) is 7.72. The molecule has 1 aliphatic rings. The number of aryl methyl sites for hydroxylation is 1. The molecule has 0 spiro atoms. The number of carbonyl (C=O) groups is 1. The van der Waals surface area contributed by atoms with Crippen LogP contribution in [0.25, 0.3) is 0 Å². The van der Waals surface area contributed by atoms with Crippen molar-refractivity contribution in [2.75, 3.05) is 46.8 Å². The lowest BCUT2D eigenvalue weighted by molar-refractivity contribution is -0.130. The van der Waals surface area contributed by atoms with E-state index in [0.29, 0.717) is 37.6 Å². The molecule has 1 fully saturated rings. The highest BCUT2D eigenvalue weighted by Gasteiger charge is 2.29. The molecule has 0 aromatic heterocycles. The van der Waals surface area contributed by atoms with Crippen LogP contribution < -0.4 is 0 Å². The molecule has 22 heavy (non-hydrogen) atoms. The number of piperazine rings is 1. The summed E-state index contributed by atoms with van der Waals surface area (Å²) in [4.78, 5) is 15.6. The molecule has 0 aliphatic carbocycles. The van der Waals surface area contributed by atoms with Crippen LogP contribution in [0.5, 0.6) is 0 Å². The van der Waals surface area contributed by atoms with Crippen LogP contribution in [0.2, 0.25) is 0 Å². The zero-order chi connectivity index (χ0) is 16.3. The Morgan fingerprint density at radius 1 is 1.09 bits per heavy atom. The van der Waals surface area contributed by atoms with Gasteiger partial charge < -0.3 is 4.90 Å². The van der Waals surface area contributed by atoms with Crippen molar-refractivity contribution in [2.45, 2.75) is 11.8 Å². The van der Waals surface area contributed by atoms with Crippen molar-refractivity contribution in [1.29, 1.82) is 0 Å². The van der Waals surface area contributed by atoms with E-state index >= 15 is 0 Å². The highest BCUT2D eigenvalue weighted by Crippen LogP contribution is 2.18. The van der Waals surface area contributed by atoms with Gasteiger partial charge in [0.1, 0.15) is 0 Å². The number of carbonyl (C=O) groups excluding carboxylic acids is 1. The maximum atomic E-state index is 12.6. The first kappa shape index (κ1) is 16.9. The third-order valence-corrected chi connectivity index (χ3v) is 5.76. The van der Waals surface area contributed by atoms with E-state index < -0.39 is 10.0 Å². The molecule has 0 radical (unpaired) electrons. The Bertz CT molecular complexity index is 618. The van der Waals surface area contributed by atoms with Gasteiger partial charge in [0.2, 0.25) is 15.9 Å². The molecule has 0 atom stereocenters. The summed E-state index contributed by atoms with van der Waals surface area (Å²) in [5.74, 6) is 0.0369. The summed E-state index contributed by atoms with van der Waals surface area (Å²) in [5.41, 5.74) is 1.03. The predicted octanol–water partition coefficient (Wildman–Crippen LogP) is 0.390. The van der Waals surface area contributed by atoms with Crippen LogP contribution in [0.4, 0.5) is 0 Å². The monoisotopic (exact) mass is 325 g/mol. The van der Waals surface area contributed by atoms with Crippen LogP contribution >= 0.6 is 0 Å². The Hall–Kier alpha value is -1.44. The van der Waals surface area contributed by atoms with Gasteiger partial charge in [-0.25, -0.2) is 8.42 Å². The fourth-order valence-electron chi connectivity index (χ4n) is 2.32. The van der Waals surface area contributed by atoms with E-state index in [1.807, 2.05) is 11.8 Å². The Kier molecular flexibility index (Phi) is 5.20. The average Bonchev–Trinajstić information content (AvgIpc) is 2.48. The van der Waals surface area contributed by atoms with Gasteiger partial charge in [-0.3, -0.25) is 9.69 Å². The largest absolute Gasteiger partial charge is 0.348 e. The number of hydrogen-bond acceptors (Lipinski definition) is 4. The molecule has 0 saturated carbocycles. The summed E-state index contributed by atoms with van der Waals surface area (Å²) < 4.78 is 26.6. The third-order valence-electron chi connectivity index (χ3n) is 3.85. The molecule has 0 N–H and O–H groups in total. The van der Waals surface area contributed by atoms with Crippen LogP contribution in [-0.2, 0) is 14.8 Å². The number of hydrogen-bond donors (Lipinski definition) is 0. The molecular formula is C15H23N3O3S. The number of rotatable bonds is 4. The number of likely N-dealkylation sites (N-methyl/N-ethyl adjacent to an activating group) is 1. The molecule has 1 aliphatic heterocycles. The van der Waals surface area contributed by atoms with Crippen LogP contribution in [0.1, 0.15) is 5.56 Å². The first-order valence-electron chi connectivity index (χ1n) is 7.30. The first-order chi connectivity index (χ1) is 10.3. The lowest BCUT2D eigenvalue weighted by Gasteiger charge is -2.34. The Balaban J connectivity index is 1.99. The van der Waals surface area contributed by atoms with E-state index in [-0.39, 0.29) is 5.91 Å². The van der Waals surface area contributed by atoms with Crippen LogP contribution in [0.3, 0.4) is 0 Å². The molecule has 1 heterocycles. The maximum Gasteiger partial charge on any atom is 0.243 e. The Labute approximate surface area is 132 Å². The van der Waals surface area contributed by atoms with Crippen molar-refractivity contribution >= 4 is 15.9 Å².